The zero-order valence-corrected chi connectivity index (χ0v) is 21.1. The first-order valence-electron chi connectivity index (χ1n) is 11.3. The van der Waals surface area contributed by atoms with E-state index in [9.17, 15) is 22.8 Å². The Morgan fingerprint density at radius 2 is 1.89 bits per heavy atom. The van der Waals surface area contributed by atoms with Gasteiger partial charge in [-0.05, 0) is 54.1 Å². The number of halogens is 4. The highest BCUT2D eigenvalue weighted by Crippen LogP contribution is 2.55. The number of rotatable bonds is 4. The van der Waals surface area contributed by atoms with Gasteiger partial charge in [-0.2, -0.15) is 13.2 Å². The van der Waals surface area contributed by atoms with Gasteiger partial charge in [-0.25, -0.2) is 4.79 Å². The Hall–Kier alpha value is -3.37. The molecule has 3 amide bonds. The van der Waals surface area contributed by atoms with Gasteiger partial charge in [-0.3, -0.25) is 9.69 Å². The molecule has 0 aromatic heterocycles. The summed E-state index contributed by atoms with van der Waals surface area (Å²) in [6, 6.07) is 16.1. The van der Waals surface area contributed by atoms with Crippen molar-refractivity contribution in [3.63, 3.8) is 0 Å². The Kier molecular flexibility index (Phi) is 6.49. The first-order valence-corrected chi connectivity index (χ1v) is 12.6. The second kappa shape index (κ2) is 9.50. The fourth-order valence-electron chi connectivity index (χ4n) is 4.62. The number of nitrogens with one attached hydrogen (secondary N) is 1. The molecule has 2 aliphatic rings. The molecule has 2 aliphatic heterocycles. The number of carbonyl (C=O) groups excluding carboxylic acids is 2. The van der Waals surface area contributed by atoms with Gasteiger partial charge in [0.2, 0.25) is 0 Å². The number of alkyl halides is 3. The summed E-state index contributed by atoms with van der Waals surface area (Å²) in [5, 5.41) is 3.28. The van der Waals surface area contributed by atoms with E-state index in [0.29, 0.717) is 45.6 Å². The first-order chi connectivity index (χ1) is 17.6. The molecule has 3 aromatic carbocycles. The summed E-state index contributed by atoms with van der Waals surface area (Å²) in [4.78, 5) is 29.2. The molecule has 0 bridgehead atoms. The molecular formula is C26H21ClF3N3O3S. The third-order valence-electron chi connectivity index (χ3n) is 6.34. The number of hydrogen-bond acceptors (Lipinski definition) is 4. The number of urea groups is 1. The van der Waals surface area contributed by atoms with Crippen molar-refractivity contribution < 1.29 is 27.5 Å². The normalized spacial score (nSPS) is 18.9. The van der Waals surface area contributed by atoms with Crippen LogP contribution in [-0.2, 0) is 22.4 Å². The molecule has 5 rings (SSSR count). The number of nitrogens with zero attached hydrogens (tertiary/aromatic N) is 2. The lowest BCUT2D eigenvalue weighted by atomic mass is 10.1. The second-order valence-corrected chi connectivity index (χ2v) is 10.3. The van der Waals surface area contributed by atoms with Gasteiger partial charge >= 0.3 is 12.2 Å². The van der Waals surface area contributed by atoms with E-state index in [1.165, 1.54) is 40.8 Å². The molecule has 0 radical (unpaired) electrons. The molecule has 192 valence electrons. The minimum atomic E-state index is -4.45. The van der Waals surface area contributed by atoms with E-state index in [1.807, 2.05) is 0 Å². The maximum Gasteiger partial charge on any atom is 0.416 e. The van der Waals surface area contributed by atoms with Crippen molar-refractivity contribution in [2.75, 3.05) is 29.6 Å². The Bertz CT molecular complexity index is 1370. The molecule has 1 atom stereocenters. The topological polar surface area (TPSA) is 61.9 Å². The van der Waals surface area contributed by atoms with E-state index in [-0.39, 0.29) is 12.5 Å². The van der Waals surface area contributed by atoms with Crippen LogP contribution in [0, 0.1) is 0 Å². The van der Waals surface area contributed by atoms with Gasteiger partial charge in [0.1, 0.15) is 5.75 Å². The lowest BCUT2D eigenvalue weighted by molar-refractivity contribution is -0.137. The lowest BCUT2D eigenvalue weighted by Gasteiger charge is -2.33. The average Bonchev–Trinajstić information content (AvgIpc) is 3.41. The highest BCUT2D eigenvalue weighted by Gasteiger charge is 2.59. The molecule has 0 aliphatic carbocycles. The number of thioether (sulfide) groups is 1. The highest BCUT2D eigenvalue weighted by molar-refractivity contribution is 8.01. The Balaban J connectivity index is 1.51. The molecule has 37 heavy (non-hydrogen) atoms. The van der Waals surface area contributed by atoms with Gasteiger partial charge in [0.05, 0.1) is 24.9 Å². The van der Waals surface area contributed by atoms with Crippen LogP contribution in [0.5, 0.6) is 5.75 Å². The van der Waals surface area contributed by atoms with Gasteiger partial charge in [-0.15, -0.1) is 11.8 Å². The average molecular weight is 548 g/mol. The van der Waals surface area contributed by atoms with Crippen LogP contribution in [0.15, 0.2) is 66.7 Å². The second-order valence-electron chi connectivity index (χ2n) is 8.55. The van der Waals surface area contributed by atoms with Gasteiger partial charge in [0.15, 0.2) is 4.87 Å². The summed E-state index contributed by atoms with van der Waals surface area (Å²) >= 11 is 7.39. The summed E-state index contributed by atoms with van der Waals surface area (Å²) < 4.78 is 44.5. The minimum Gasteiger partial charge on any atom is -0.497 e. The number of benzene rings is 3. The van der Waals surface area contributed by atoms with Crippen molar-refractivity contribution in [2.24, 2.45) is 0 Å². The molecule has 3 aromatic rings. The number of carbonyl (C=O) groups is 2. The SMILES string of the molecule is COc1ccc2c(c1)[C@@]1(SCCN1C(=O)Nc1cccc(Cl)c1)C(=O)N2Cc1ccc(C(F)(F)F)cc1. The molecular weight excluding hydrogens is 527 g/mol. The Labute approximate surface area is 220 Å². The number of hydrogen-bond donors (Lipinski definition) is 1. The van der Waals surface area contributed by atoms with Crippen molar-refractivity contribution in [2.45, 2.75) is 17.6 Å². The van der Waals surface area contributed by atoms with E-state index in [1.54, 1.807) is 42.5 Å². The van der Waals surface area contributed by atoms with Crippen LogP contribution in [0.4, 0.5) is 29.3 Å². The fourth-order valence-corrected chi connectivity index (χ4v) is 6.26. The van der Waals surface area contributed by atoms with Crippen molar-refractivity contribution in [3.8, 4) is 5.75 Å². The van der Waals surface area contributed by atoms with E-state index < -0.39 is 22.6 Å². The van der Waals surface area contributed by atoms with Gasteiger partial charge in [0, 0.05) is 28.6 Å². The molecule has 0 saturated carbocycles. The molecule has 1 spiro atoms. The Morgan fingerprint density at radius 1 is 1.14 bits per heavy atom. The standard InChI is InChI=1S/C26H21ClF3N3O3S/c1-36-20-9-10-22-21(14-20)25(23(34)32(22)15-16-5-7-17(8-6-16)26(28,29)30)33(11-12-37-25)24(35)31-19-4-2-3-18(27)13-19/h2-10,13-14H,11-12,15H2,1H3,(H,31,35)/t25-/m1/s1. The van der Waals surface area contributed by atoms with E-state index in [0.717, 1.165) is 12.1 Å². The maximum absolute atomic E-state index is 14.1. The van der Waals surface area contributed by atoms with Crippen LogP contribution < -0.4 is 15.0 Å². The zero-order chi connectivity index (χ0) is 26.4. The van der Waals surface area contributed by atoms with E-state index in [4.69, 9.17) is 16.3 Å². The monoisotopic (exact) mass is 547 g/mol. The highest BCUT2D eigenvalue weighted by atomic mass is 35.5. The zero-order valence-electron chi connectivity index (χ0n) is 19.5. The van der Waals surface area contributed by atoms with Crippen LogP contribution in [0.1, 0.15) is 16.7 Å². The Morgan fingerprint density at radius 3 is 2.57 bits per heavy atom. The van der Waals surface area contributed by atoms with Crippen LogP contribution in [0.2, 0.25) is 5.02 Å². The summed E-state index contributed by atoms with van der Waals surface area (Å²) in [7, 11) is 1.51. The van der Waals surface area contributed by atoms with Crippen LogP contribution in [0.3, 0.4) is 0 Å². The third kappa shape index (κ3) is 4.48. The van der Waals surface area contributed by atoms with Gasteiger partial charge < -0.3 is 15.0 Å². The predicted molar refractivity (Wildman–Crippen MR) is 137 cm³/mol. The van der Waals surface area contributed by atoms with Crippen molar-refractivity contribution in [1.82, 2.24) is 4.90 Å². The summed E-state index contributed by atoms with van der Waals surface area (Å²) in [6.45, 7) is 0.357. The van der Waals surface area contributed by atoms with Crippen molar-refractivity contribution in [1.29, 1.82) is 0 Å². The maximum atomic E-state index is 14.1. The minimum absolute atomic E-state index is 0.0440. The number of fused-ring (bicyclic) bond motifs is 2. The summed E-state index contributed by atoms with van der Waals surface area (Å²) in [5.74, 6) is 0.684. The predicted octanol–water partition coefficient (Wildman–Crippen LogP) is 6.35. The summed E-state index contributed by atoms with van der Waals surface area (Å²) in [5.41, 5.74) is 1.41. The largest absolute Gasteiger partial charge is 0.497 e. The first kappa shape index (κ1) is 25.3. The van der Waals surface area contributed by atoms with E-state index >= 15 is 0 Å². The van der Waals surface area contributed by atoms with Crippen LogP contribution in [0.25, 0.3) is 0 Å². The van der Waals surface area contributed by atoms with Crippen molar-refractivity contribution >= 4 is 46.7 Å². The van der Waals surface area contributed by atoms with Gasteiger partial charge in [-0.1, -0.05) is 29.8 Å². The summed E-state index contributed by atoms with van der Waals surface area (Å²) in [6.07, 6.45) is -4.45. The number of methoxy groups -OCH3 is 1. The van der Waals surface area contributed by atoms with Crippen LogP contribution >= 0.6 is 23.4 Å². The third-order valence-corrected chi connectivity index (χ3v) is 8.00. The molecule has 6 nitrogen and oxygen atoms in total. The smallest absolute Gasteiger partial charge is 0.416 e. The molecule has 0 unspecified atom stereocenters. The van der Waals surface area contributed by atoms with E-state index in [2.05, 4.69) is 5.32 Å². The molecule has 11 heteroatoms. The van der Waals surface area contributed by atoms with Gasteiger partial charge in [0.25, 0.3) is 5.91 Å². The molecule has 1 N–H and O–H groups in total. The number of amides is 3. The van der Waals surface area contributed by atoms with Crippen molar-refractivity contribution in [3.05, 3.63) is 88.4 Å². The van der Waals surface area contributed by atoms with Crippen LogP contribution in [-0.4, -0.2) is 36.2 Å². The quantitative estimate of drug-likeness (QED) is 0.413. The number of ether oxygens (including phenoxy) is 1. The number of anilines is 2. The lowest BCUT2D eigenvalue weighted by Crippen LogP contribution is -2.51. The fraction of sp³-hybridized carbons (Fsp3) is 0.231. The molecule has 1 saturated heterocycles. The molecule has 2 heterocycles. The molecule has 1 fully saturated rings.